The molecule has 0 saturated carbocycles. The number of thiophene rings is 1. The molecule has 1 aliphatic rings. The third kappa shape index (κ3) is 2.77. The van der Waals surface area contributed by atoms with Gasteiger partial charge in [-0.15, -0.1) is 11.3 Å². The molecule has 22 heavy (non-hydrogen) atoms. The lowest BCUT2D eigenvalue weighted by atomic mass is 10.1. The Kier molecular flexibility index (Phi) is 3.65. The first-order chi connectivity index (χ1) is 10.8. The standard InChI is InChI=1S/C16H15N3OS2/c20-15(10-19-7-5-13-11(9-19)6-8-21-13)18-16-17-12-3-1-2-4-14(12)22-16/h1-4,6,8H,5,7,9-10H2,(H,17,18,20). The van der Waals surface area contributed by atoms with E-state index in [1.54, 1.807) is 0 Å². The Bertz CT molecular complexity index is 791. The van der Waals surface area contributed by atoms with Gasteiger partial charge in [0.05, 0.1) is 16.8 Å². The molecule has 112 valence electrons. The maximum Gasteiger partial charge on any atom is 0.240 e. The van der Waals surface area contributed by atoms with Crippen LogP contribution in [0.3, 0.4) is 0 Å². The Morgan fingerprint density at radius 1 is 1.32 bits per heavy atom. The fourth-order valence-electron chi connectivity index (χ4n) is 2.73. The maximum atomic E-state index is 12.2. The third-order valence-corrected chi connectivity index (χ3v) is 5.77. The van der Waals surface area contributed by atoms with Crippen molar-refractivity contribution in [2.75, 3.05) is 18.4 Å². The van der Waals surface area contributed by atoms with Crippen LogP contribution in [0.2, 0.25) is 0 Å². The van der Waals surface area contributed by atoms with Gasteiger partial charge in [0.15, 0.2) is 5.13 Å². The zero-order chi connectivity index (χ0) is 14.9. The van der Waals surface area contributed by atoms with Crippen LogP contribution in [0.4, 0.5) is 5.13 Å². The van der Waals surface area contributed by atoms with Gasteiger partial charge in [-0.1, -0.05) is 23.5 Å². The van der Waals surface area contributed by atoms with Crippen molar-refractivity contribution in [2.45, 2.75) is 13.0 Å². The highest BCUT2D eigenvalue weighted by Crippen LogP contribution is 2.26. The van der Waals surface area contributed by atoms with Crippen molar-refractivity contribution in [3.05, 3.63) is 46.2 Å². The number of para-hydroxylation sites is 1. The number of carbonyl (C=O) groups is 1. The van der Waals surface area contributed by atoms with Gasteiger partial charge < -0.3 is 5.32 Å². The van der Waals surface area contributed by atoms with Crippen molar-refractivity contribution >= 4 is 43.9 Å². The SMILES string of the molecule is O=C(CN1CCc2sccc2C1)Nc1nc2ccccc2s1. The number of hydrogen-bond donors (Lipinski definition) is 1. The van der Waals surface area contributed by atoms with Crippen LogP contribution in [0, 0.1) is 0 Å². The molecular formula is C16H15N3OS2. The van der Waals surface area contributed by atoms with Gasteiger partial charge in [0, 0.05) is 18.0 Å². The average molecular weight is 329 g/mol. The Hall–Kier alpha value is -1.76. The molecule has 0 unspecified atom stereocenters. The smallest absolute Gasteiger partial charge is 0.240 e. The molecule has 0 bridgehead atoms. The number of anilines is 1. The summed E-state index contributed by atoms with van der Waals surface area (Å²) in [6.07, 6.45) is 1.04. The lowest BCUT2D eigenvalue weighted by Crippen LogP contribution is -2.36. The molecule has 0 spiro atoms. The van der Waals surface area contributed by atoms with Gasteiger partial charge in [0.2, 0.25) is 5.91 Å². The van der Waals surface area contributed by atoms with Crippen LogP contribution in [-0.2, 0) is 17.8 Å². The lowest BCUT2D eigenvalue weighted by Gasteiger charge is -2.25. The minimum Gasteiger partial charge on any atom is -0.301 e. The molecule has 0 atom stereocenters. The van der Waals surface area contributed by atoms with Crippen molar-refractivity contribution < 1.29 is 4.79 Å². The molecule has 4 rings (SSSR count). The number of nitrogens with zero attached hydrogens (tertiary/aromatic N) is 2. The van der Waals surface area contributed by atoms with E-state index in [1.165, 1.54) is 21.8 Å². The molecule has 0 fully saturated rings. The number of thiazole rings is 1. The van der Waals surface area contributed by atoms with Crippen LogP contribution in [0.1, 0.15) is 10.4 Å². The van der Waals surface area contributed by atoms with Crippen LogP contribution in [0.5, 0.6) is 0 Å². The van der Waals surface area contributed by atoms with Gasteiger partial charge in [-0.3, -0.25) is 9.69 Å². The van der Waals surface area contributed by atoms with Crippen molar-refractivity contribution in [3.63, 3.8) is 0 Å². The minimum atomic E-state index is 0.0118. The van der Waals surface area contributed by atoms with E-state index in [2.05, 4.69) is 26.6 Å². The first kappa shape index (κ1) is 13.9. The maximum absolute atomic E-state index is 12.2. The fraction of sp³-hybridized carbons (Fsp3) is 0.250. The number of nitrogens with one attached hydrogen (secondary N) is 1. The molecule has 1 aromatic carbocycles. The predicted octanol–water partition coefficient (Wildman–Crippen LogP) is 3.35. The topological polar surface area (TPSA) is 45.2 Å². The Morgan fingerprint density at radius 3 is 3.14 bits per heavy atom. The Morgan fingerprint density at radius 2 is 2.23 bits per heavy atom. The second kappa shape index (κ2) is 5.79. The number of fused-ring (bicyclic) bond motifs is 2. The number of benzene rings is 1. The monoisotopic (exact) mass is 329 g/mol. The van der Waals surface area contributed by atoms with Crippen LogP contribution in [0.15, 0.2) is 35.7 Å². The molecule has 1 aliphatic heterocycles. The zero-order valence-corrected chi connectivity index (χ0v) is 13.5. The van der Waals surface area contributed by atoms with Gasteiger partial charge in [-0.25, -0.2) is 4.98 Å². The number of carbonyl (C=O) groups excluding carboxylic acids is 1. The highest BCUT2D eigenvalue weighted by Gasteiger charge is 2.19. The first-order valence-corrected chi connectivity index (χ1v) is 8.90. The summed E-state index contributed by atoms with van der Waals surface area (Å²) in [7, 11) is 0. The van der Waals surface area contributed by atoms with E-state index in [4.69, 9.17) is 0 Å². The minimum absolute atomic E-state index is 0.0118. The van der Waals surface area contributed by atoms with Gasteiger partial charge in [-0.05, 0) is 35.6 Å². The van der Waals surface area contributed by atoms with E-state index >= 15 is 0 Å². The van der Waals surface area contributed by atoms with Gasteiger partial charge in [-0.2, -0.15) is 0 Å². The van der Waals surface area contributed by atoms with Gasteiger partial charge in [0.1, 0.15) is 0 Å². The summed E-state index contributed by atoms with van der Waals surface area (Å²) in [5.41, 5.74) is 2.30. The van der Waals surface area contributed by atoms with E-state index in [9.17, 15) is 4.79 Å². The second-order valence-electron chi connectivity index (χ2n) is 5.36. The van der Waals surface area contributed by atoms with Crippen molar-refractivity contribution in [1.29, 1.82) is 0 Å². The van der Waals surface area contributed by atoms with Crippen LogP contribution in [0.25, 0.3) is 10.2 Å². The van der Waals surface area contributed by atoms with E-state index in [1.807, 2.05) is 35.6 Å². The number of rotatable bonds is 3. The average Bonchev–Trinajstić information content (AvgIpc) is 3.11. The molecule has 1 amide bonds. The fourth-order valence-corrected chi connectivity index (χ4v) is 4.50. The molecule has 3 heterocycles. The molecule has 4 nitrogen and oxygen atoms in total. The van der Waals surface area contributed by atoms with E-state index in [0.29, 0.717) is 11.7 Å². The highest BCUT2D eigenvalue weighted by molar-refractivity contribution is 7.22. The van der Waals surface area contributed by atoms with Gasteiger partial charge >= 0.3 is 0 Å². The summed E-state index contributed by atoms with van der Waals surface area (Å²) >= 11 is 3.33. The molecule has 0 aliphatic carbocycles. The van der Waals surface area contributed by atoms with E-state index in [0.717, 1.165) is 29.7 Å². The van der Waals surface area contributed by atoms with E-state index < -0.39 is 0 Å². The summed E-state index contributed by atoms with van der Waals surface area (Å²) in [5.74, 6) is 0.0118. The normalized spacial score (nSPS) is 14.9. The summed E-state index contributed by atoms with van der Waals surface area (Å²) in [5, 5.41) is 5.74. The summed E-state index contributed by atoms with van der Waals surface area (Å²) in [6.45, 7) is 2.23. The lowest BCUT2D eigenvalue weighted by molar-refractivity contribution is -0.117. The molecule has 2 aromatic heterocycles. The summed E-state index contributed by atoms with van der Waals surface area (Å²) < 4.78 is 1.10. The first-order valence-electron chi connectivity index (χ1n) is 7.21. The van der Waals surface area contributed by atoms with Crippen molar-refractivity contribution in [1.82, 2.24) is 9.88 Å². The Labute approximate surface area is 136 Å². The molecular weight excluding hydrogens is 314 g/mol. The molecule has 0 radical (unpaired) electrons. The van der Waals surface area contributed by atoms with Crippen LogP contribution in [-0.4, -0.2) is 28.9 Å². The quantitative estimate of drug-likeness (QED) is 0.801. The largest absolute Gasteiger partial charge is 0.301 e. The molecule has 3 aromatic rings. The zero-order valence-electron chi connectivity index (χ0n) is 11.9. The van der Waals surface area contributed by atoms with Crippen molar-refractivity contribution in [2.24, 2.45) is 0 Å². The summed E-state index contributed by atoms with van der Waals surface area (Å²) in [4.78, 5) is 20.3. The summed E-state index contributed by atoms with van der Waals surface area (Å²) in [6, 6.07) is 10.1. The number of hydrogen-bond acceptors (Lipinski definition) is 5. The molecule has 1 N–H and O–H groups in total. The number of aromatic nitrogens is 1. The van der Waals surface area contributed by atoms with Crippen molar-refractivity contribution in [3.8, 4) is 0 Å². The highest BCUT2D eigenvalue weighted by atomic mass is 32.1. The number of amides is 1. The van der Waals surface area contributed by atoms with Crippen LogP contribution < -0.4 is 5.32 Å². The third-order valence-electron chi connectivity index (χ3n) is 3.79. The molecule has 0 saturated heterocycles. The van der Waals surface area contributed by atoms with Crippen LogP contribution >= 0.6 is 22.7 Å². The predicted molar refractivity (Wildman–Crippen MR) is 91.5 cm³/mol. The molecule has 6 heteroatoms. The Balaban J connectivity index is 1.40. The van der Waals surface area contributed by atoms with E-state index in [-0.39, 0.29) is 5.91 Å². The van der Waals surface area contributed by atoms with Gasteiger partial charge in [0.25, 0.3) is 0 Å². The second-order valence-corrected chi connectivity index (χ2v) is 7.40.